The standard InChI is InChI=1S/C25H30N2O5/c1-25(18-27(24(30)32-25)16-19-5-3-2-4-6-19)21-11-13-26(14-12-21)15-20-7-9-22(10-8-20)31-17-23(28)29/h2-10,21H,11-18H2,1H3,(H,28,29). The molecule has 0 aliphatic carbocycles. The Morgan fingerprint density at radius 1 is 1.06 bits per heavy atom. The molecule has 7 nitrogen and oxygen atoms in total. The molecule has 0 spiro atoms. The Hall–Kier alpha value is -3.06. The zero-order chi connectivity index (χ0) is 22.6. The SMILES string of the molecule is CC1(C2CCN(Cc3ccc(OCC(=O)O)cc3)CC2)CN(Cc2ccccc2)C(=O)O1. The number of hydrogen-bond acceptors (Lipinski definition) is 5. The Morgan fingerprint density at radius 3 is 2.38 bits per heavy atom. The molecule has 170 valence electrons. The third-order valence-electron chi connectivity index (χ3n) is 6.44. The lowest BCUT2D eigenvalue weighted by Crippen LogP contribution is -2.45. The first-order chi connectivity index (χ1) is 15.4. The second-order valence-electron chi connectivity index (χ2n) is 8.90. The van der Waals surface area contributed by atoms with Gasteiger partial charge < -0.3 is 14.6 Å². The minimum atomic E-state index is -0.984. The number of rotatable bonds is 8. The molecule has 2 saturated heterocycles. The largest absolute Gasteiger partial charge is 0.482 e. The maximum atomic E-state index is 12.5. The van der Waals surface area contributed by atoms with Gasteiger partial charge in [-0.05, 0) is 56.1 Å². The van der Waals surface area contributed by atoms with E-state index in [1.165, 1.54) is 5.56 Å². The maximum Gasteiger partial charge on any atom is 0.410 e. The maximum absolute atomic E-state index is 12.5. The highest BCUT2D eigenvalue weighted by Crippen LogP contribution is 2.37. The summed E-state index contributed by atoms with van der Waals surface area (Å²) in [5.74, 6) is -0.0806. The lowest BCUT2D eigenvalue weighted by molar-refractivity contribution is -0.139. The number of amides is 1. The summed E-state index contributed by atoms with van der Waals surface area (Å²) in [6, 6.07) is 17.6. The van der Waals surface area contributed by atoms with Crippen molar-refractivity contribution in [1.82, 2.24) is 9.80 Å². The Morgan fingerprint density at radius 2 is 1.72 bits per heavy atom. The summed E-state index contributed by atoms with van der Waals surface area (Å²) in [7, 11) is 0. The lowest BCUT2D eigenvalue weighted by Gasteiger charge is -2.39. The summed E-state index contributed by atoms with van der Waals surface area (Å²) in [6.45, 7) is 5.69. The number of hydrogen-bond donors (Lipinski definition) is 1. The number of carbonyl (C=O) groups is 2. The number of benzene rings is 2. The van der Waals surface area contributed by atoms with Crippen LogP contribution in [0.15, 0.2) is 54.6 Å². The van der Waals surface area contributed by atoms with Crippen LogP contribution < -0.4 is 4.74 Å². The van der Waals surface area contributed by atoms with Gasteiger partial charge in [0.05, 0.1) is 6.54 Å². The van der Waals surface area contributed by atoms with Crippen LogP contribution in [0, 0.1) is 5.92 Å². The molecule has 32 heavy (non-hydrogen) atoms. The summed E-state index contributed by atoms with van der Waals surface area (Å²) in [5, 5.41) is 8.70. The van der Waals surface area contributed by atoms with E-state index in [9.17, 15) is 9.59 Å². The molecule has 2 aromatic rings. The number of carboxylic acid groups (broad SMARTS) is 1. The molecule has 2 aromatic carbocycles. The van der Waals surface area contributed by atoms with E-state index in [1.807, 2.05) is 59.5 Å². The van der Waals surface area contributed by atoms with Crippen LogP contribution in [0.5, 0.6) is 5.75 Å². The van der Waals surface area contributed by atoms with Gasteiger partial charge in [-0.15, -0.1) is 0 Å². The molecular formula is C25H30N2O5. The number of aliphatic carboxylic acids is 1. The molecular weight excluding hydrogens is 408 g/mol. The topological polar surface area (TPSA) is 79.3 Å². The highest BCUT2D eigenvalue weighted by Gasteiger charge is 2.47. The molecule has 1 amide bonds. The number of cyclic esters (lactones) is 1. The van der Waals surface area contributed by atoms with Crippen molar-refractivity contribution in [2.24, 2.45) is 5.92 Å². The molecule has 0 aromatic heterocycles. The van der Waals surface area contributed by atoms with Crippen molar-refractivity contribution < 1.29 is 24.2 Å². The van der Waals surface area contributed by atoms with Crippen molar-refractivity contribution in [3.05, 3.63) is 65.7 Å². The summed E-state index contributed by atoms with van der Waals surface area (Å²) >= 11 is 0. The number of likely N-dealkylation sites (tertiary alicyclic amines) is 1. The van der Waals surface area contributed by atoms with Crippen molar-refractivity contribution in [3.63, 3.8) is 0 Å². The van der Waals surface area contributed by atoms with Gasteiger partial charge in [0.15, 0.2) is 6.61 Å². The molecule has 2 fully saturated rings. The first kappa shape index (κ1) is 22.1. The van der Waals surface area contributed by atoms with Gasteiger partial charge in [-0.2, -0.15) is 0 Å². The van der Waals surface area contributed by atoms with E-state index in [0.29, 0.717) is 24.8 Å². The monoisotopic (exact) mass is 438 g/mol. The average molecular weight is 439 g/mol. The molecule has 2 heterocycles. The van der Waals surface area contributed by atoms with E-state index in [2.05, 4.69) is 11.8 Å². The highest BCUT2D eigenvalue weighted by atomic mass is 16.6. The summed E-state index contributed by atoms with van der Waals surface area (Å²) in [4.78, 5) is 27.3. The summed E-state index contributed by atoms with van der Waals surface area (Å²) in [5.41, 5.74) is 1.84. The van der Waals surface area contributed by atoms with Crippen molar-refractivity contribution in [3.8, 4) is 5.75 Å². The fraction of sp³-hybridized carbons (Fsp3) is 0.440. The smallest absolute Gasteiger partial charge is 0.410 e. The molecule has 0 saturated carbocycles. The quantitative estimate of drug-likeness (QED) is 0.676. The van der Waals surface area contributed by atoms with Gasteiger partial charge in [0.1, 0.15) is 11.4 Å². The number of carbonyl (C=O) groups excluding carboxylic acids is 1. The van der Waals surface area contributed by atoms with E-state index >= 15 is 0 Å². The molecule has 0 radical (unpaired) electrons. The second kappa shape index (κ2) is 9.61. The third kappa shape index (κ3) is 5.40. The first-order valence-electron chi connectivity index (χ1n) is 11.1. The molecule has 2 aliphatic heterocycles. The predicted molar refractivity (Wildman–Crippen MR) is 119 cm³/mol. The van der Waals surface area contributed by atoms with Crippen LogP contribution in [0.4, 0.5) is 4.79 Å². The van der Waals surface area contributed by atoms with Crippen molar-refractivity contribution in [2.45, 2.75) is 38.5 Å². The van der Waals surface area contributed by atoms with Crippen LogP contribution in [-0.4, -0.2) is 58.8 Å². The molecule has 2 aliphatic rings. The Balaban J connectivity index is 1.27. The number of carboxylic acids is 1. The minimum absolute atomic E-state index is 0.219. The summed E-state index contributed by atoms with van der Waals surface area (Å²) < 4.78 is 11.1. The first-order valence-corrected chi connectivity index (χ1v) is 11.1. The zero-order valence-electron chi connectivity index (χ0n) is 18.4. The van der Waals surface area contributed by atoms with Crippen LogP contribution in [0.2, 0.25) is 0 Å². The third-order valence-corrected chi connectivity index (χ3v) is 6.44. The van der Waals surface area contributed by atoms with Crippen molar-refractivity contribution in [2.75, 3.05) is 26.2 Å². The number of piperidine rings is 1. The molecule has 4 rings (SSSR count). The van der Waals surface area contributed by atoms with Gasteiger partial charge in [-0.3, -0.25) is 9.80 Å². The van der Waals surface area contributed by atoms with Gasteiger partial charge in [0.2, 0.25) is 0 Å². The molecule has 0 bridgehead atoms. The Labute approximate surface area is 188 Å². The fourth-order valence-corrected chi connectivity index (χ4v) is 4.67. The summed E-state index contributed by atoms with van der Waals surface area (Å²) in [6.07, 6.45) is 1.76. The van der Waals surface area contributed by atoms with Gasteiger partial charge >= 0.3 is 12.1 Å². The van der Waals surface area contributed by atoms with Crippen LogP contribution in [-0.2, 0) is 22.6 Å². The molecule has 1 N–H and O–H groups in total. The van der Waals surface area contributed by atoms with Crippen molar-refractivity contribution >= 4 is 12.1 Å². The average Bonchev–Trinajstić information content (AvgIpc) is 3.08. The van der Waals surface area contributed by atoms with E-state index in [0.717, 1.165) is 38.0 Å². The molecule has 1 atom stereocenters. The van der Waals surface area contributed by atoms with Crippen LogP contribution in [0.1, 0.15) is 30.9 Å². The number of ether oxygens (including phenoxy) is 2. The minimum Gasteiger partial charge on any atom is -0.482 e. The van der Waals surface area contributed by atoms with Gasteiger partial charge in [0.25, 0.3) is 0 Å². The lowest BCUT2D eigenvalue weighted by atomic mass is 9.81. The zero-order valence-corrected chi connectivity index (χ0v) is 18.4. The van der Waals surface area contributed by atoms with E-state index in [-0.39, 0.29) is 12.7 Å². The van der Waals surface area contributed by atoms with E-state index in [4.69, 9.17) is 14.6 Å². The van der Waals surface area contributed by atoms with Crippen LogP contribution in [0.3, 0.4) is 0 Å². The molecule has 1 unspecified atom stereocenters. The van der Waals surface area contributed by atoms with E-state index < -0.39 is 11.6 Å². The van der Waals surface area contributed by atoms with Gasteiger partial charge in [-0.1, -0.05) is 42.5 Å². The fourth-order valence-electron chi connectivity index (χ4n) is 4.67. The number of nitrogens with zero attached hydrogens (tertiary/aromatic N) is 2. The van der Waals surface area contributed by atoms with Crippen molar-refractivity contribution in [1.29, 1.82) is 0 Å². The second-order valence-corrected chi connectivity index (χ2v) is 8.90. The van der Waals surface area contributed by atoms with Gasteiger partial charge in [0, 0.05) is 19.0 Å². The van der Waals surface area contributed by atoms with Crippen LogP contribution >= 0.6 is 0 Å². The Bertz CT molecular complexity index is 925. The molecule has 7 heteroatoms. The van der Waals surface area contributed by atoms with Gasteiger partial charge in [-0.25, -0.2) is 9.59 Å². The van der Waals surface area contributed by atoms with E-state index in [1.54, 1.807) is 0 Å². The van der Waals surface area contributed by atoms with Crippen LogP contribution in [0.25, 0.3) is 0 Å². The normalized spacial score (nSPS) is 22.0. The highest BCUT2D eigenvalue weighted by molar-refractivity contribution is 5.70. The Kier molecular flexibility index (Phi) is 6.65. The predicted octanol–water partition coefficient (Wildman–Crippen LogP) is 3.77.